The van der Waals surface area contributed by atoms with Crippen molar-refractivity contribution in [2.75, 3.05) is 26.3 Å². The minimum Gasteiger partial charge on any atom is -0.466 e. The zero-order chi connectivity index (χ0) is 23.6. The molecular formula is C23H35BrN2O6. The van der Waals surface area contributed by atoms with E-state index in [0.29, 0.717) is 25.9 Å². The van der Waals surface area contributed by atoms with Gasteiger partial charge in [-0.3, -0.25) is 14.4 Å². The molecule has 1 N–H and O–H groups in total. The smallest absolute Gasteiger partial charge is 0.312 e. The molecule has 0 radical (unpaired) electrons. The maximum Gasteiger partial charge on any atom is 0.312 e. The number of hydrogen-bond acceptors (Lipinski definition) is 6. The van der Waals surface area contributed by atoms with Gasteiger partial charge in [0.15, 0.2) is 0 Å². The molecule has 3 saturated heterocycles. The molecule has 1 spiro atoms. The molecule has 0 saturated carbocycles. The molecule has 2 bridgehead atoms. The highest BCUT2D eigenvalue weighted by Gasteiger charge is 2.77. The van der Waals surface area contributed by atoms with Crippen LogP contribution in [0.1, 0.15) is 46.5 Å². The molecule has 3 heterocycles. The lowest BCUT2D eigenvalue weighted by molar-refractivity contribution is -0.156. The predicted molar refractivity (Wildman–Crippen MR) is 122 cm³/mol. The summed E-state index contributed by atoms with van der Waals surface area (Å²) in [6.45, 7) is 10.3. The van der Waals surface area contributed by atoms with Crippen molar-refractivity contribution < 1.29 is 29.0 Å². The number of halogens is 1. The number of alkyl halides is 1. The number of amides is 2. The molecule has 1 unspecified atom stereocenters. The first-order valence-electron chi connectivity index (χ1n) is 11.6. The van der Waals surface area contributed by atoms with Crippen molar-refractivity contribution in [1.29, 1.82) is 0 Å². The third-order valence-corrected chi connectivity index (χ3v) is 7.88. The molecule has 2 amide bonds. The van der Waals surface area contributed by atoms with E-state index in [0.717, 1.165) is 12.8 Å². The second-order valence-corrected chi connectivity index (χ2v) is 10.0. The highest BCUT2D eigenvalue weighted by Crippen LogP contribution is 2.60. The van der Waals surface area contributed by atoms with Crippen molar-refractivity contribution in [2.24, 2.45) is 11.8 Å². The largest absolute Gasteiger partial charge is 0.466 e. The van der Waals surface area contributed by atoms with Crippen LogP contribution < -0.4 is 0 Å². The maximum absolute atomic E-state index is 14.0. The van der Waals surface area contributed by atoms with E-state index in [9.17, 15) is 19.5 Å². The van der Waals surface area contributed by atoms with Gasteiger partial charge in [-0.15, -0.1) is 6.58 Å². The van der Waals surface area contributed by atoms with E-state index in [2.05, 4.69) is 29.4 Å². The van der Waals surface area contributed by atoms with Crippen LogP contribution in [0, 0.1) is 11.8 Å². The van der Waals surface area contributed by atoms with Gasteiger partial charge in [0.25, 0.3) is 0 Å². The maximum atomic E-state index is 14.0. The van der Waals surface area contributed by atoms with Crippen LogP contribution in [0.5, 0.6) is 0 Å². The first-order valence-corrected chi connectivity index (χ1v) is 12.6. The molecule has 3 fully saturated rings. The number of carbonyl (C=O) groups excluding carboxylic acids is 3. The highest BCUT2D eigenvalue weighted by atomic mass is 79.9. The molecule has 8 nitrogen and oxygen atoms in total. The fourth-order valence-electron chi connectivity index (χ4n) is 5.63. The first-order chi connectivity index (χ1) is 15.3. The molecular weight excluding hydrogens is 480 g/mol. The van der Waals surface area contributed by atoms with E-state index in [1.54, 1.807) is 17.9 Å². The Morgan fingerprint density at radius 2 is 2.16 bits per heavy atom. The van der Waals surface area contributed by atoms with Crippen molar-refractivity contribution in [3.05, 3.63) is 12.7 Å². The summed E-state index contributed by atoms with van der Waals surface area (Å²) in [5, 5.41) is 10.1. The molecule has 7 atom stereocenters. The van der Waals surface area contributed by atoms with Gasteiger partial charge in [-0.05, 0) is 26.2 Å². The molecule has 0 aromatic rings. The van der Waals surface area contributed by atoms with Crippen LogP contribution in [0.3, 0.4) is 0 Å². The van der Waals surface area contributed by atoms with Gasteiger partial charge in [0.1, 0.15) is 11.6 Å². The molecule has 9 heteroatoms. The Balaban J connectivity index is 2.08. The Morgan fingerprint density at radius 3 is 2.72 bits per heavy atom. The van der Waals surface area contributed by atoms with E-state index < -0.39 is 41.6 Å². The Labute approximate surface area is 198 Å². The van der Waals surface area contributed by atoms with Crippen LogP contribution in [-0.4, -0.2) is 87.6 Å². The van der Waals surface area contributed by atoms with Crippen LogP contribution in [0.15, 0.2) is 12.7 Å². The van der Waals surface area contributed by atoms with Gasteiger partial charge in [0.2, 0.25) is 11.8 Å². The summed E-state index contributed by atoms with van der Waals surface area (Å²) in [5.74, 6) is -2.57. The van der Waals surface area contributed by atoms with Crippen molar-refractivity contribution in [3.8, 4) is 0 Å². The van der Waals surface area contributed by atoms with Crippen LogP contribution in [-0.2, 0) is 23.9 Å². The summed E-state index contributed by atoms with van der Waals surface area (Å²) in [4.78, 5) is 43.7. The fraction of sp³-hybridized carbons (Fsp3) is 0.783. The van der Waals surface area contributed by atoms with Gasteiger partial charge < -0.3 is 24.4 Å². The Morgan fingerprint density at radius 1 is 1.44 bits per heavy atom. The normalized spacial score (nSPS) is 33.8. The van der Waals surface area contributed by atoms with Crippen molar-refractivity contribution >= 4 is 33.7 Å². The SMILES string of the molecule is C=CCN(CCCC)C(=O)[C@H]1N([C@@H](CC)CO)C(=O)[C@@H]2[C@@H](C(=O)OCC)[C@@H]3O[C@@]21CC3Br. The molecule has 0 aromatic carbocycles. The van der Waals surface area contributed by atoms with E-state index >= 15 is 0 Å². The number of fused-ring (bicyclic) bond motifs is 1. The van der Waals surface area contributed by atoms with E-state index in [1.807, 2.05) is 6.92 Å². The summed E-state index contributed by atoms with van der Waals surface area (Å²) < 4.78 is 11.7. The molecule has 32 heavy (non-hydrogen) atoms. The molecule has 3 aliphatic heterocycles. The Hall–Kier alpha value is -1.45. The third kappa shape index (κ3) is 3.90. The quantitative estimate of drug-likeness (QED) is 0.257. The molecule has 0 aromatic heterocycles. The van der Waals surface area contributed by atoms with Gasteiger partial charge in [-0.2, -0.15) is 0 Å². The van der Waals surface area contributed by atoms with E-state index in [-0.39, 0.29) is 29.9 Å². The number of aliphatic hydroxyl groups is 1. The zero-order valence-corrected chi connectivity index (χ0v) is 20.8. The van der Waals surface area contributed by atoms with Gasteiger partial charge in [0.05, 0.1) is 37.2 Å². The second-order valence-electron chi connectivity index (χ2n) is 8.83. The fourth-order valence-corrected chi connectivity index (χ4v) is 6.57. The van der Waals surface area contributed by atoms with Gasteiger partial charge >= 0.3 is 5.97 Å². The van der Waals surface area contributed by atoms with Crippen molar-refractivity contribution in [2.45, 2.75) is 75.1 Å². The van der Waals surface area contributed by atoms with Crippen LogP contribution in [0.2, 0.25) is 0 Å². The minimum atomic E-state index is -1.13. The average molecular weight is 515 g/mol. The number of hydrogen-bond donors (Lipinski definition) is 1. The number of likely N-dealkylation sites (tertiary alicyclic amines) is 1. The number of nitrogens with zero attached hydrogens (tertiary/aromatic N) is 2. The summed E-state index contributed by atoms with van der Waals surface area (Å²) in [5.41, 5.74) is -1.13. The lowest BCUT2D eigenvalue weighted by Crippen LogP contribution is -2.59. The summed E-state index contributed by atoms with van der Waals surface area (Å²) in [7, 11) is 0. The van der Waals surface area contributed by atoms with Crippen LogP contribution in [0.4, 0.5) is 0 Å². The van der Waals surface area contributed by atoms with Gasteiger partial charge in [0, 0.05) is 17.9 Å². The number of esters is 1. The second kappa shape index (κ2) is 10.2. The lowest BCUT2D eigenvalue weighted by Gasteiger charge is -2.39. The predicted octanol–water partition coefficient (Wildman–Crippen LogP) is 1.88. The van der Waals surface area contributed by atoms with Gasteiger partial charge in [-0.1, -0.05) is 42.3 Å². The number of ether oxygens (including phenoxy) is 2. The van der Waals surface area contributed by atoms with Gasteiger partial charge in [-0.25, -0.2) is 0 Å². The summed E-state index contributed by atoms with van der Waals surface area (Å²) in [6.07, 6.45) is 3.81. The Kier molecular flexibility index (Phi) is 8.04. The lowest BCUT2D eigenvalue weighted by atomic mass is 9.70. The molecule has 3 aliphatic rings. The van der Waals surface area contributed by atoms with Crippen molar-refractivity contribution in [3.63, 3.8) is 0 Å². The Bertz CT molecular complexity index is 744. The zero-order valence-electron chi connectivity index (χ0n) is 19.2. The summed E-state index contributed by atoms with van der Waals surface area (Å²) >= 11 is 3.63. The van der Waals surface area contributed by atoms with E-state index in [1.165, 1.54) is 4.90 Å². The average Bonchev–Trinajstić information content (AvgIpc) is 3.36. The third-order valence-electron chi connectivity index (χ3n) is 7.04. The topological polar surface area (TPSA) is 96.4 Å². The monoisotopic (exact) mass is 514 g/mol. The first kappa shape index (κ1) is 25.2. The molecule has 3 rings (SSSR count). The number of rotatable bonds is 11. The number of unbranched alkanes of at least 4 members (excludes halogenated alkanes) is 1. The van der Waals surface area contributed by atoms with Crippen molar-refractivity contribution in [1.82, 2.24) is 9.80 Å². The number of aliphatic hydroxyl groups excluding tert-OH is 1. The highest BCUT2D eigenvalue weighted by molar-refractivity contribution is 9.09. The summed E-state index contributed by atoms with van der Waals surface area (Å²) in [6, 6.07) is -1.44. The number of carbonyl (C=O) groups is 3. The van der Waals surface area contributed by atoms with E-state index in [4.69, 9.17) is 9.47 Å². The molecule has 0 aliphatic carbocycles. The minimum absolute atomic E-state index is 0.172. The van der Waals surface area contributed by atoms with Crippen LogP contribution in [0.25, 0.3) is 0 Å². The standard InChI is InChI=1S/C23H35BrN2O6/c1-5-9-11-25(10-6-2)21(29)19-23-12-15(24)18(32-23)16(22(30)31-8-4)17(23)20(28)26(19)14(7-3)13-27/h6,14-19,27H,2,5,7-13H2,1,3-4H3/t14-,15?,16+,17-,18+,19+,23-/m0/s1. The molecule has 180 valence electrons. The van der Waals surface area contributed by atoms with Crippen LogP contribution >= 0.6 is 15.9 Å².